The second kappa shape index (κ2) is 15.4. The number of nitrogens with one attached hydrogen (secondary N) is 4. The molecule has 0 bridgehead atoms. The Morgan fingerprint density at radius 2 is 1.49 bits per heavy atom. The number of benzene rings is 3. The fourth-order valence-corrected chi connectivity index (χ4v) is 5.46. The zero-order chi connectivity index (χ0) is 34.2. The average Bonchev–Trinajstić information content (AvgIpc) is 3.46. The molecule has 0 spiro atoms. The molecule has 0 saturated carbocycles. The van der Waals surface area contributed by atoms with E-state index in [0.717, 1.165) is 17.9 Å². The molecular formula is C32H30Cl2N4O9. The maximum Gasteiger partial charge on any atom is 0.328 e. The van der Waals surface area contributed by atoms with Gasteiger partial charge in [0.15, 0.2) is 0 Å². The van der Waals surface area contributed by atoms with Gasteiger partial charge in [-0.3, -0.25) is 24.0 Å². The number of aromatic amines is 1. The van der Waals surface area contributed by atoms with Crippen LogP contribution in [0.4, 0.5) is 0 Å². The number of fused-ring (bicyclic) bond motifs is 2. The second-order valence-electron chi connectivity index (χ2n) is 10.6. The van der Waals surface area contributed by atoms with E-state index in [1.807, 2.05) is 36.4 Å². The van der Waals surface area contributed by atoms with Crippen LogP contribution >= 0.6 is 23.2 Å². The summed E-state index contributed by atoms with van der Waals surface area (Å²) < 4.78 is 4.63. The predicted molar refractivity (Wildman–Crippen MR) is 172 cm³/mol. The van der Waals surface area contributed by atoms with Gasteiger partial charge < -0.3 is 35.9 Å². The molecule has 0 unspecified atom stereocenters. The lowest BCUT2D eigenvalue weighted by atomic mass is 10.0. The van der Waals surface area contributed by atoms with Crippen LogP contribution in [0.5, 0.6) is 0 Å². The van der Waals surface area contributed by atoms with Crippen molar-refractivity contribution in [2.24, 2.45) is 0 Å². The summed E-state index contributed by atoms with van der Waals surface area (Å²) in [5.41, 5.74) is 1.18. The number of carboxylic acid groups (broad SMARTS) is 2. The second-order valence-corrected chi connectivity index (χ2v) is 11.5. The van der Waals surface area contributed by atoms with Crippen LogP contribution in [-0.4, -0.2) is 76.1 Å². The summed E-state index contributed by atoms with van der Waals surface area (Å²) in [4.78, 5) is 78.1. The summed E-state index contributed by atoms with van der Waals surface area (Å²) in [5.74, 6) is -6.32. The van der Waals surface area contributed by atoms with Gasteiger partial charge in [0.25, 0.3) is 5.91 Å². The molecule has 246 valence electrons. The Morgan fingerprint density at radius 3 is 2.17 bits per heavy atom. The van der Waals surface area contributed by atoms with Crippen molar-refractivity contribution < 1.29 is 43.7 Å². The van der Waals surface area contributed by atoms with Crippen LogP contribution in [0.1, 0.15) is 35.3 Å². The minimum Gasteiger partial charge on any atom is -0.481 e. The zero-order valence-electron chi connectivity index (χ0n) is 24.8. The van der Waals surface area contributed by atoms with Crippen molar-refractivity contribution in [1.29, 1.82) is 0 Å². The van der Waals surface area contributed by atoms with Gasteiger partial charge in [-0.2, -0.15) is 0 Å². The number of hydrogen-bond acceptors (Lipinski definition) is 7. The van der Waals surface area contributed by atoms with Crippen molar-refractivity contribution in [3.8, 4) is 0 Å². The maximum absolute atomic E-state index is 13.7. The van der Waals surface area contributed by atoms with Gasteiger partial charge >= 0.3 is 17.9 Å². The molecule has 1 heterocycles. The number of H-pyrrole nitrogens is 1. The normalized spacial score (nSPS) is 12.9. The number of amides is 3. The third-order valence-corrected chi connectivity index (χ3v) is 7.76. The van der Waals surface area contributed by atoms with Crippen LogP contribution in [0.2, 0.25) is 10.0 Å². The van der Waals surface area contributed by atoms with E-state index in [2.05, 4.69) is 25.7 Å². The number of methoxy groups -OCH3 is 1. The van der Waals surface area contributed by atoms with Gasteiger partial charge in [-0.05, 0) is 41.0 Å². The number of ether oxygens (including phenoxy) is 1. The highest BCUT2D eigenvalue weighted by atomic mass is 35.5. The van der Waals surface area contributed by atoms with Gasteiger partial charge in [-0.25, -0.2) is 4.79 Å². The minimum absolute atomic E-state index is 0.0552. The summed E-state index contributed by atoms with van der Waals surface area (Å²) in [6.45, 7) is 0. The highest BCUT2D eigenvalue weighted by Crippen LogP contribution is 2.28. The molecule has 4 aromatic rings. The molecule has 15 heteroatoms. The summed E-state index contributed by atoms with van der Waals surface area (Å²) >= 11 is 12.4. The van der Waals surface area contributed by atoms with Crippen LogP contribution in [0, 0.1) is 0 Å². The Balaban J connectivity index is 1.61. The molecule has 47 heavy (non-hydrogen) atoms. The van der Waals surface area contributed by atoms with Gasteiger partial charge in [-0.1, -0.05) is 65.7 Å². The lowest BCUT2D eigenvalue weighted by Crippen LogP contribution is -2.56. The van der Waals surface area contributed by atoms with Crippen LogP contribution in [-0.2, 0) is 35.1 Å². The Bertz CT molecular complexity index is 1860. The monoisotopic (exact) mass is 684 g/mol. The smallest absolute Gasteiger partial charge is 0.328 e. The fraction of sp³-hybridized carbons (Fsp3) is 0.250. The highest BCUT2D eigenvalue weighted by molar-refractivity contribution is 6.38. The molecule has 3 aromatic carbocycles. The molecule has 0 aliphatic heterocycles. The number of aliphatic carboxylic acids is 2. The Labute approximate surface area is 277 Å². The van der Waals surface area contributed by atoms with Crippen molar-refractivity contribution >= 4 is 80.5 Å². The van der Waals surface area contributed by atoms with Gasteiger partial charge in [0.05, 0.1) is 18.6 Å². The molecule has 3 atom stereocenters. The number of carbonyl (C=O) groups excluding carboxylic acids is 4. The number of halogens is 2. The lowest BCUT2D eigenvalue weighted by Gasteiger charge is -2.24. The third-order valence-electron chi connectivity index (χ3n) is 7.23. The summed E-state index contributed by atoms with van der Waals surface area (Å²) in [6.07, 6.45) is -1.79. The molecule has 1 aromatic heterocycles. The minimum atomic E-state index is -1.71. The van der Waals surface area contributed by atoms with E-state index < -0.39 is 66.6 Å². The SMILES string of the molecule is COC(=O)[C@H](CCC(=O)O)NC(=O)[C@H](CC(=O)O)NC(=O)[C@H](Cc1ccc2ccccc2c1)NC(=O)c1cc2c(Cl)cc(Cl)cc2[nH]1. The van der Waals surface area contributed by atoms with Gasteiger partial charge in [0.1, 0.15) is 23.8 Å². The van der Waals surface area contributed by atoms with E-state index in [1.165, 1.54) is 12.1 Å². The molecule has 13 nitrogen and oxygen atoms in total. The lowest BCUT2D eigenvalue weighted by molar-refractivity contribution is -0.146. The first-order valence-corrected chi connectivity index (χ1v) is 15.0. The van der Waals surface area contributed by atoms with E-state index in [9.17, 15) is 33.9 Å². The van der Waals surface area contributed by atoms with Crippen LogP contribution in [0.25, 0.3) is 21.7 Å². The van der Waals surface area contributed by atoms with E-state index in [1.54, 1.807) is 12.1 Å². The number of esters is 1. The summed E-state index contributed by atoms with van der Waals surface area (Å²) in [6, 6.07) is 13.1. The number of rotatable bonds is 14. The molecule has 3 amide bonds. The summed E-state index contributed by atoms with van der Waals surface area (Å²) in [5, 5.41) is 28.7. The van der Waals surface area contributed by atoms with E-state index in [0.29, 0.717) is 26.5 Å². The molecule has 0 radical (unpaired) electrons. The fourth-order valence-electron chi connectivity index (χ4n) is 4.92. The van der Waals surface area contributed by atoms with E-state index in [4.69, 9.17) is 28.3 Å². The first-order valence-electron chi connectivity index (χ1n) is 14.2. The molecule has 0 saturated heterocycles. The third kappa shape index (κ3) is 9.21. The molecule has 4 rings (SSSR count). The van der Waals surface area contributed by atoms with Gasteiger partial charge in [0, 0.05) is 28.8 Å². The van der Waals surface area contributed by atoms with Gasteiger partial charge in [-0.15, -0.1) is 0 Å². The van der Waals surface area contributed by atoms with Crippen molar-refractivity contribution in [2.45, 2.75) is 43.8 Å². The zero-order valence-corrected chi connectivity index (χ0v) is 26.4. The van der Waals surface area contributed by atoms with Crippen molar-refractivity contribution in [1.82, 2.24) is 20.9 Å². The topological polar surface area (TPSA) is 204 Å². The van der Waals surface area contributed by atoms with Crippen molar-refractivity contribution in [3.05, 3.63) is 82.0 Å². The first kappa shape index (κ1) is 34.7. The predicted octanol–water partition coefficient (Wildman–Crippen LogP) is 3.45. The Hall–Kier alpha value is -5.14. The maximum atomic E-state index is 13.7. The van der Waals surface area contributed by atoms with Crippen LogP contribution in [0.3, 0.4) is 0 Å². The molecule has 6 N–H and O–H groups in total. The first-order chi connectivity index (χ1) is 22.3. The highest BCUT2D eigenvalue weighted by Gasteiger charge is 2.32. The summed E-state index contributed by atoms with van der Waals surface area (Å²) in [7, 11) is 1.04. The molecular weight excluding hydrogens is 655 g/mol. The van der Waals surface area contributed by atoms with Crippen LogP contribution < -0.4 is 16.0 Å². The average molecular weight is 686 g/mol. The standard InChI is InChI=1S/C32H30Cl2N4O9/c1-47-32(46)22(8-9-27(39)40)36-31(45)26(15-28(41)42)38-29(43)24(11-16-6-7-17-4-2-3-5-18(17)10-16)37-30(44)25-14-20-21(34)12-19(33)13-23(20)35-25/h2-7,10,12-14,22,24,26,35H,8-9,11,15H2,1H3,(H,36,45)(H,37,44)(H,38,43)(H,39,40)(H,41,42)/t22-,24-,26-/m0/s1. The number of aromatic nitrogens is 1. The number of hydrogen-bond donors (Lipinski definition) is 6. The van der Waals surface area contributed by atoms with Crippen molar-refractivity contribution in [2.75, 3.05) is 7.11 Å². The largest absolute Gasteiger partial charge is 0.481 e. The Kier molecular flexibility index (Phi) is 11.4. The van der Waals surface area contributed by atoms with Crippen molar-refractivity contribution in [3.63, 3.8) is 0 Å². The molecule has 0 fully saturated rings. The van der Waals surface area contributed by atoms with E-state index in [-0.39, 0.29) is 18.5 Å². The Morgan fingerprint density at radius 1 is 0.809 bits per heavy atom. The van der Waals surface area contributed by atoms with Crippen LogP contribution in [0.15, 0.2) is 60.7 Å². The quantitative estimate of drug-likeness (QED) is 0.107. The molecule has 0 aliphatic carbocycles. The number of carbonyl (C=O) groups is 6. The van der Waals surface area contributed by atoms with E-state index >= 15 is 0 Å². The molecule has 0 aliphatic rings. The number of carboxylic acids is 2. The van der Waals surface area contributed by atoms with Gasteiger partial charge in [0.2, 0.25) is 11.8 Å².